The number of amides is 1. The van der Waals surface area contributed by atoms with Crippen LogP contribution in [0.15, 0.2) is 35.2 Å². The SMILES string of the molecule is Cc1cc(C)nc(N2CCC(C(=O)NCCc3ccc(S(N)(=O)=O)cc3)CC2)n1. The minimum Gasteiger partial charge on any atom is -0.356 e. The van der Waals surface area contributed by atoms with Gasteiger partial charge in [0.1, 0.15) is 0 Å². The van der Waals surface area contributed by atoms with Gasteiger partial charge in [0.05, 0.1) is 4.90 Å². The highest BCUT2D eigenvalue weighted by atomic mass is 32.2. The second-order valence-corrected chi connectivity index (χ2v) is 9.00. The fourth-order valence-electron chi connectivity index (χ4n) is 3.51. The van der Waals surface area contributed by atoms with Gasteiger partial charge in [-0.25, -0.2) is 23.5 Å². The highest BCUT2D eigenvalue weighted by Crippen LogP contribution is 2.21. The molecule has 0 aliphatic carbocycles. The van der Waals surface area contributed by atoms with E-state index in [1.54, 1.807) is 12.1 Å². The van der Waals surface area contributed by atoms with Crippen molar-refractivity contribution >= 4 is 21.9 Å². The Morgan fingerprint density at radius 1 is 1.14 bits per heavy atom. The number of carbonyl (C=O) groups excluding carboxylic acids is 1. The lowest BCUT2D eigenvalue weighted by atomic mass is 9.96. The molecule has 0 atom stereocenters. The summed E-state index contributed by atoms with van der Waals surface area (Å²) in [6, 6.07) is 8.35. The molecule has 1 amide bonds. The first-order valence-corrected chi connectivity index (χ1v) is 11.2. The van der Waals surface area contributed by atoms with Crippen molar-refractivity contribution in [2.24, 2.45) is 11.1 Å². The van der Waals surface area contributed by atoms with E-state index in [1.807, 2.05) is 19.9 Å². The van der Waals surface area contributed by atoms with Gasteiger partial charge in [-0.2, -0.15) is 0 Å². The van der Waals surface area contributed by atoms with Crippen LogP contribution in [0.2, 0.25) is 0 Å². The molecule has 29 heavy (non-hydrogen) atoms. The number of sulfonamides is 1. The number of hydrogen-bond donors (Lipinski definition) is 2. The van der Waals surface area contributed by atoms with Gasteiger partial charge in [-0.3, -0.25) is 4.79 Å². The molecule has 0 unspecified atom stereocenters. The average Bonchev–Trinajstić information content (AvgIpc) is 2.67. The summed E-state index contributed by atoms with van der Waals surface area (Å²) in [5.41, 5.74) is 2.84. The number of anilines is 1. The number of aromatic nitrogens is 2. The van der Waals surface area contributed by atoms with Gasteiger partial charge in [0, 0.05) is 36.9 Å². The van der Waals surface area contributed by atoms with Crippen LogP contribution in [0.25, 0.3) is 0 Å². The van der Waals surface area contributed by atoms with Gasteiger partial charge in [-0.15, -0.1) is 0 Å². The first-order valence-electron chi connectivity index (χ1n) is 9.69. The number of nitrogens with one attached hydrogen (secondary N) is 1. The summed E-state index contributed by atoms with van der Waals surface area (Å²) in [4.78, 5) is 23.7. The number of nitrogens with zero attached hydrogens (tertiary/aromatic N) is 3. The molecule has 3 N–H and O–H groups in total. The van der Waals surface area contributed by atoms with Crippen LogP contribution in [0.3, 0.4) is 0 Å². The third kappa shape index (κ3) is 5.74. The molecule has 2 heterocycles. The molecular weight excluding hydrogens is 390 g/mol. The van der Waals surface area contributed by atoms with E-state index in [0.29, 0.717) is 13.0 Å². The molecule has 0 radical (unpaired) electrons. The van der Waals surface area contributed by atoms with Crippen molar-refractivity contribution in [3.8, 4) is 0 Å². The van der Waals surface area contributed by atoms with Crippen molar-refractivity contribution in [2.45, 2.75) is 38.0 Å². The van der Waals surface area contributed by atoms with Crippen molar-refractivity contribution in [3.63, 3.8) is 0 Å². The van der Waals surface area contributed by atoms with Gasteiger partial charge in [-0.05, 0) is 56.9 Å². The van der Waals surface area contributed by atoms with Crippen LogP contribution in [-0.2, 0) is 21.2 Å². The zero-order chi connectivity index (χ0) is 21.0. The van der Waals surface area contributed by atoms with E-state index in [9.17, 15) is 13.2 Å². The van der Waals surface area contributed by atoms with Gasteiger partial charge in [0.15, 0.2) is 0 Å². The van der Waals surface area contributed by atoms with E-state index >= 15 is 0 Å². The monoisotopic (exact) mass is 417 g/mol. The van der Waals surface area contributed by atoms with Gasteiger partial charge < -0.3 is 10.2 Å². The van der Waals surface area contributed by atoms with E-state index < -0.39 is 10.0 Å². The summed E-state index contributed by atoms with van der Waals surface area (Å²) in [6.07, 6.45) is 2.17. The number of primary sulfonamides is 1. The zero-order valence-corrected chi connectivity index (χ0v) is 17.6. The van der Waals surface area contributed by atoms with Crippen molar-refractivity contribution in [2.75, 3.05) is 24.5 Å². The number of rotatable bonds is 6. The summed E-state index contributed by atoms with van der Waals surface area (Å²) < 4.78 is 22.6. The molecule has 0 saturated carbocycles. The minimum absolute atomic E-state index is 0.0121. The molecule has 1 saturated heterocycles. The summed E-state index contributed by atoms with van der Waals surface area (Å²) in [5.74, 6) is 0.790. The first-order chi connectivity index (χ1) is 13.7. The molecule has 156 valence electrons. The lowest BCUT2D eigenvalue weighted by molar-refractivity contribution is -0.125. The maximum Gasteiger partial charge on any atom is 0.238 e. The molecule has 0 spiro atoms. The molecule has 1 aliphatic rings. The second-order valence-electron chi connectivity index (χ2n) is 7.44. The summed E-state index contributed by atoms with van der Waals surface area (Å²) in [5, 5.41) is 8.08. The van der Waals surface area contributed by atoms with E-state index in [0.717, 1.165) is 48.8 Å². The third-order valence-corrected chi connectivity index (χ3v) is 6.01. The van der Waals surface area contributed by atoms with Crippen LogP contribution >= 0.6 is 0 Å². The molecule has 3 rings (SSSR count). The quantitative estimate of drug-likeness (QED) is 0.732. The Morgan fingerprint density at radius 2 is 1.72 bits per heavy atom. The maximum absolute atomic E-state index is 12.5. The van der Waals surface area contributed by atoms with E-state index in [2.05, 4.69) is 20.2 Å². The Hall–Kier alpha value is -2.52. The van der Waals surface area contributed by atoms with Crippen LogP contribution in [0.5, 0.6) is 0 Å². The molecule has 0 bridgehead atoms. The van der Waals surface area contributed by atoms with Crippen molar-refractivity contribution in [3.05, 3.63) is 47.3 Å². The topological polar surface area (TPSA) is 118 Å². The Labute approximate surface area is 171 Å². The van der Waals surface area contributed by atoms with Crippen LogP contribution < -0.4 is 15.4 Å². The number of benzene rings is 1. The summed E-state index contributed by atoms with van der Waals surface area (Å²) in [6.45, 7) is 5.95. The molecule has 1 aromatic heterocycles. The summed E-state index contributed by atoms with van der Waals surface area (Å²) >= 11 is 0. The Balaban J connectivity index is 1.45. The maximum atomic E-state index is 12.5. The molecule has 8 nitrogen and oxygen atoms in total. The van der Waals surface area contributed by atoms with Crippen LogP contribution in [0.4, 0.5) is 5.95 Å². The zero-order valence-electron chi connectivity index (χ0n) is 16.8. The number of aryl methyl sites for hydroxylation is 2. The number of carbonyl (C=O) groups is 1. The molecule has 9 heteroatoms. The lowest BCUT2D eigenvalue weighted by Crippen LogP contribution is -2.41. The predicted molar refractivity (Wildman–Crippen MR) is 111 cm³/mol. The second kappa shape index (κ2) is 8.87. The van der Waals surface area contributed by atoms with Crippen LogP contribution in [-0.4, -0.2) is 43.9 Å². The van der Waals surface area contributed by atoms with Gasteiger partial charge in [-0.1, -0.05) is 12.1 Å². The smallest absolute Gasteiger partial charge is 0.238 e. The fourth-order valence-corrected chi connectivity index (χ4v) is 4.03. The van der Waals surface area contributed by atoms with Crippen LogP contribution in [0, 0.1) is 19.8 Å². The Morgan fingerprint density at radius 3 is 2.28 bits per heavy atom. The average molecular weight is 418 g/mol. The highest BCUT2D eigenvalue weighted by molar-refractivity contribution is 7.89. The Kier molecular flexibility index (Phi) is 6.49. The first kappa shape index (κ1) is 21.2. The van der Waals surface area contributed by atoms with E-state index in [1.165, 1.54) is 12.1 Å². The molecule has 2 aromatic rings. The van der Waals surface area contributed by atoms with Gasteiger partial charge >= 0.3 is 0 Å². The fraction of sp³-hybridized carbons (Fsp3) is 0.450. The van der Waals surface area contributed by atoms with E-state index in [-0.39, 0.29) is 16.7 Å². The normalized spacial score (nSPS) is 15.3. The van der Waals surface area contributed by atoms with Gasteiger partial charge in [0.2, 0.25) is 21.9 Å². The minimum atomic E-state index is -3.68. The van der Waals surface area contributed by atoms with Crippen molar-refractivity contribution < 1.29 is 13.2 Å². The molecule has 1 aromatic carbocycles. The largest absolute Gasteiger partial charge is 0.356 e. The van der Waals surface area contributed by atoms with Crippen molar-refractivity contribution in [1.82, 2.24) is 15.3 Å². The molecular formula is C20H27N5O3S. The highest BCUT2D eigenvalue weighted by Gasteiger charge is 2.26. The third-order valence-electron chi connectivity index (χ3n) is 5.08. The standard InChI is InChI=1S/C20H27N5O3S/c1-14-13-15(2)24-20(23-14)25-11-8-17(9-12-25)19(26)22-10-7-16-3-5-18(6-4-16)29(21,27)28/h3-6,13,17H,7-12H2,1-2H3,(H,22,26)(H2,21,27,28). The predicted octanol–water partition coefficient (Wildman–Crippen LogP) is 1.32. The van der Waals surface area contributed by atoms with Crippen LogP contribution in [0.1, 0.15) is 29.8 Å². The Bertz CT molecular complexity index is 948. The van der Waals surface area contributed by atoms with E-state index in [4.69, 9.17) is 5.14 Å². The number of hydrogen-bond acceptors (Lipinski definition) is 6. The number of nitrogens with two attached hydrogens (primary N) is 1. The van der Waals surface area contributed by atoms with Gasteiger partial charge in [0.25, 0.3) is 0 Å². The number of piperidine rings is 1. The lowest BCUT2D eigenvalue weighted by Gasteiger charge is -2.31. The van der Waals surface area contributed by atoms with Crippen molar-refractivity contribution in [1.29, 1.82) is 0 Å². The molecule has 1 fully saturated rings. The summed E-state index contributed by atoms with van der Waals surface area (Å²) in [7, 11) is -3.68. The molecule has 1 aliphatic heterocycles.